The van der Waals surface area contributed by atoms with Crippen LogP contribution in [0.3, 0.4) is 0 Å². The van der Waals surface area contributed by atoms with Crippen molar-refractivity contribution in [2.24, 2.45) is 5.73 Å². The number of rotatable bonds is 5. The largest absolute Gasteiger partial charge is 0.389 e. The van der Waals surface area contributed by atoms with E-state index >= 15 is 0 Å². The minimum absolute atomic E-state index is 0.434. The quantitative estimate of drug-likeness (QED) is 0.843. The van der Waals surface area contributed by atoms with Gasteiger partial charge in [0.25, 0.3) is 0 Å². The molecule has 0 fully saturated rings. The number of hydrogen-bond acceptors (Lipinski definition) is 3. The van der Waals surface area contributed by atoms with Gasteiger partial charge in [-0.2, -0.15) is 0 Å². The smallest absolute Gasteiger partial charge is 0.106 e. The topological polar surface area (TPSA) is 32.5 Å². The summed E-state index contributed by atoms with van der Waals surface area (Å²) in [6, 6.07) is 5.95. The van der Waals surface area contributed by atoms with Crippen LogP contribution in [0.4, 0.5) is 5.69 Å². The first-order valence-electron chi connectivity index (χ1n) is 5.37. The third kappa shape index (κ3) is 4.26. The summed E-state index contributed by atoms with van der Waals surface area (Å²) in [5.41, 5.74) is 7.72. The van der Waals surface area contributed by atoms with E-state index in [1.54, 1.807) is 0 Å². The van der Waals surface area contributed by atoms with Crippen molar-refractivity contribution in [2.75, 3.05) is 39.1 Å². The summed E-state index contributed by atoms with van der Waals surface area (Å²) in [7, 11) is 6.17. The molecule has 0 aliphatic carbocycles. The number of nitrogens with zero attached hydrogens (tertiary/aromatic N) is 2. The summed E-state index contributed by atoms with van der Waals surface area (Å²) in [5.74, 6) is 0. The SMILES string of the molecule is CN(C)CCN(C)c1cc(Br)ccc1C(N)=S. The molecular formula is C12H18BrN3S. The molecule has 1 rings (SSSR count). The second-order valence-electron chi connectivity index (χ2n) is 4.25. The number of halogens is 1. The van der Waals surface area contributed by atoms with E-state index in [0.717, 1.165) is 28.8 Å². The van der Waals surface area contributed by atoms with Crippen LogP contribution in [0.15, 0.2) is 22.7 Å². The fraction of sp³-hybridized carbons (Fsp3) is 0.417. The Bertz CT molecular complexity index is 407. The molecular weight excluding hydrogens is 298 g/mol. The third-order valence-electron chi connectivity index (χ3n) is 2.52. The van der Waals surface area contributed by atoms with Crippen molar-refractivity contribution < 1.29 is 0 Å². The van der Waals surface area contributed by atoms with Gasteiger partial charge in [-0.1, -0.05) is 28.1 Å². The van der Waals surface area contributed by atoms with Crippen LogP contribution in [0.1, 0.15) is 5.56 Å². The molecule has 0 radical (unpaired) electrons. The highest BCUT2D eigenvalue weighted by Gasteiger charge is 2.10. The molecule has 3 nitrogen and oxygen atoms in total. The fourth-order valence-electron chi connectivity index (χ4n) is 1.50. The van der Waals surface area contributed by atoms with Crippen molar-refractivity contribution in [1.29, 1.82) is 0 Å². The van der Waals surface area contributed by atoms with E-state index in [-0.39, 0.29) is 0 Å². The lowest BCUT2D eigenvalue weighted by Gasteiger charge is -2.24. The molecule has 0 saturated carbocycles. The predicted octanol–water partition coefficient (Wildman–Crippen LogP) is 2.08. The van der Waals surface area contributed by atoms with Gasteiger partial charge in [0, 0.05) is 35.9 Å². The van der Waals surface area contributed by atoms with Crippen LogP contribution < -0.4 is 10.6 Å². The zero-order chi connectivity index (χ0) is 13.0. The summed E-state index contributed by atoms with van der Waals surface area (Å²) in [5, 5.41) is 0. The van der Waals surface area contributed by atoms with Crippen LogP contribution >= 0.6 is 28.1 Å². The van der Waals surface area contributed by atoms with E-state index < -0.39 is 0 Å². The lowest BCUT2D eigenvalue weighted by Crippen LogP contribution is -2.30. The standard InChI is InChI=1S/C12H18BrN3S/c1-15(2)6-7-16(3)11-8-9(13)4-5-10(11)12(14)17/h4-5,8H,6-7H2,1-3H3,(H2,14,17). The monoisotopic (exact) mass is 315 g/mol. The molecule has 1 aromatic carbocycles. The van der Waals surface area contributed by atoms with Crippen LogP contribution in [0, 0.1) is 0 Å². The Morgan fingerprint density at radius 3 is 2.47 bits per heavy atom. The molecule has 0 aromatic heterocycles. The predicted molar refractivity (Wildman–Crippen MR) is 81.9 cm³/mol. The lowest BCUT2D eigenvalue weighted by molar-refractivity contribution is 0.416. The number of nitrogens with two attached hydrogens (primary N) is 1. The summed E-state index contributed by atoms with van der Waals surface area (Å²) in [6.07, 6.45) is 0. The van der Waals surface area contributed by atoms with Gasteiger partial charge in [0.15, 0.2) is 0 Å². The molecule has 0 unspecified atom stereocenters. The first-order chi connectivity index (χ1) is 7.91. The van der Waals surface area contributed by atoms with Crippen molar-refractivity contribution in [3.05, 3.63) is 28.2 Å². The molecule has 0 atom stereocenters. The molecule has 17 heavy (non-hydrogen) atoms. The van der Waals surface area contributed by atoms with Gasteiger partial charge in [0.2, 0.25) is 0 Å². The van der Waals surface area contributed by atoms with Gasteiger partial charge in [-0.15, -0.1) is 0 Å². The number of hydrogen-bond donors (Lipinski definition) is 1. The van der Waals surface area contributed by atoms with Crippen molar-refractivity contribution in [3.63, 3.8) is 0 Å². The van der Waals surface area contributed by atoms with E-state index in [2.05, 4.69) is 39.8 Å². The lowest BCUT2D eigenvalue weighted by atomic mass is 10.1. The number of thiocarbonyl (C=S) groups is 1. The molecule has 94 valence electrons. The summed E-state index contributed by atoms with van der Waals surface area (Å²) >= 11 is 8.55. The molecule has 1 aromatic rings. The third-order valence-corrected chi connectivity index (χ3v) is 3.23. The van der Waals surface area contributed by atoms with Gasteiger partial charge >= 0.3 is 0 Å². The maximum absolute atomic E-state index is 5.74. The number of anilines is 1. The van der Waals surface area contributed by atoms with E-state index in [1.165, 1.54) is 0 Å². The van der Waals surface area contributed by atoms with E-state index in [1.807, 2.05) is 25.2 Å². The molecule has 0 bridgehead atoms. The van der Waals surface area contributed by atoms with Crippen LogP contribution in [0.5, 0.6) is 0 Å². The van der Waals surface area contributed by atoms with Crippen molar-refractivity contribution in [2.45, 2.75) is 0 Å². The minimum Gasteiger partial charge on any atom is -0.389 e. The first-order valence-corrected chi connectivity index (χ1v) is 6.57. The Labute approximate surface area is 117 Å². The van der Waals surface area contributed by atoms with E-state index in [4.69, 9.17) is 18.0 Å². The molecule has 0 heterocycles. The summed E-state index contributed by atoms with van der Waals surface area (Å²) < 4.78 is 1.03. The van der Waals surface area contributed by atoms with Gasteiger partial charge in [-0.05, 0) is 32.3 Å². The number of benzene rings is 1. The van der Waals surface area contributed by atoms with Crippen molar-refractivity contribution in [3.8, 4) is 0 Å². The molecule has 0 amide bonds. The zero-order valence-electron chi connectivity index (χ0n) is 10.4. The van der Waals surface area contributed by atoms with Crippen LogP contribution in [0.25, 0.3) is 0 Å². The summed E-state index contributed by atoms with van der Waals surface area (Å²) in [4.78, 5) is 4.75. The van der Waals surface area contributed by atoms with Gasteiger partial charge in [-0.25, -0.2) is 0 Å². The average Bonchev–Trinajstić information content (AvgIpc) is 2.25. The second-order valence-corrected chi connectivity index (χ2v) is 5.61. The Hall–Kier alpha value is -0.650. The molecule has 0 saturated heterocycles. The van der Waals surface area contributed by atoms with E-state index in [9.17, 15) is 0 Å². The van der Waals surface area contributed by atoms with Crippen molar-refractivity contribution >= 4 is 38.8 Å². The van der Waals surface area contributed by atoms with E-state index in [0.29, 0.717) is 4.99 Å². The van der Waals surface area contributed by atoms with Crippen LogP contribution in [-0.4, -0.2) is 44.1 Å². The molecule has 0 spiro atoms. The Morgan fingerprint density at radius 2 is 1.94 bits per heavy atom. The van der Waals surface area contributed by atoms with Gasteiger partial charge < -0.3 is 15.5 Å². The van der Waals surface area contributed by atoms with Crippen LogP contribution in [-0.2, 0) is 0 Å². The van der Waals surface area contributed by atoms with Crippen molar-refractivity contribution in [1.82, 2.24) is 4.90 Å². The zero-order valence-corrected chi connectivity index (χ0v) is 12.8. The minimum atomic E-state index is 0.434. The Balaban J connectivity index is 2.94. The highest BCUT2D eigenvalue weighted by molar-refractivity contribution is 9.10. The first kappa shape index (κ1) is 14.4. The summed E-state index contributed by atoms with van der Waals surface area (Å²) in [6.45, 7) is 1.92. The normalized spacial score (nSPS) is 10.6. The Morgan fingerprint density at radius 1 is 1.29 bits per heavy atom. The highest BCUT2D eigenvalue weighted by atomic mass is 79.9. The van der Waals surface area contributed by atoms with Crippen LogP contribution in [0.2, 0.25) is 0 Å². The van der Waals surface area contributed by atoms with Gasteiger partial charge in [0.1, 0.15) is 4.99 Å². The fourth-order valence-corrected chi connectivity index (χ4v) is 2.02. The molecule has 5 heteroatoms. The van der Waals surface area contributed by atoms with Gasteiger partial charge in [-0.3, -0.25) is 0 Å². The maximum atomic E-state index is 5.74. The molecule has 2 N–H and O–H groups in total. The second kappa shape index (κ2) is 6.33. The Kier molecular flexibility index (Phi) is 5.36. The molecule has 0 aliphatic heterocycles. The number of likely N-dealkylation sites (N-methyl/N-ethyl adjacent to an activating group) is 2. The molecule has 0 aliphatic rings. The van der Waals surface area contributed by atoms with Gasteiger partial charge in [0.05, 0.1) is 0 Å². The highest BCUT2D eigenvalue weighted by Crippen LogP contribution is 2.24. The average molecular weight is 316 g/mol. The maximum Gasteiger partial charge on any atom is 0.106 e.